The second-order valence-corrected chi connectivity index (χ2v) is 28.9. The Morgan fingerprint density at radius 1 is 0.359 bits per heavy atom. The molecule has 0 unspecified atom stereocenters. The first kappa shape index (κ1) is 76.7. The molecule has 0 bridgehead atoms. The zero-order chi connectivity index (χ0) is 80.1. The molecule has 0 aliphatic carbocycles. The van der Waals surface area contributed by atoms with Gasteiger partial charge in [0.15, 0.2) is 0 Å². The number of rotatable bonds is 14. The van der Waals surface area contributed by atoms with Crippen molar-refractivity contribution in [2.24, 2.45) is 0 Å². The predicted molar refractivity (Wildman–Crippen MR) is 480 cm³/mol. The summed E-state index contributed by atoms with van der Waals surface area (Å²) in [4.78, 5) is 45.6. The minimum atomic E-state index is -0.241. The van der Waals surface area contributed by atoms with E-state index in [1.54, 1.807) is 70.3 Å². The molecule has 5 aromatic heterocycles. The molecule has 18 nitrogen and oxygen atoms in total. The van der Waals surface area contributed by atoms with Crippen LogP contribution in [0.25, 0.3) is 109 Å². The van der Waals surface area contributed by atoms with E-state index in [4.69, 9.17) is 32.7 Å². The van der Waals surface area contributed by atoms with E-state index >= 15 is 0 Å². The summed E-state index contributed by atoms with van der Waals surface area (Å²) in [5.74, 6) is 4.60. The molecule has 572 valence electrons. The van der Waals surface area contributed by atoms with Gasteiger partial charge in [-0.15, -0.1) is 0 Å². The van der Waals surface area contributed by atoms with Crippen molar-refractivity contribution in [3.05, 3.63) is 348 Å². The maximum Gasteiger partial charge on any atom is 0.149 e. The quantitative estimate of drug-likeness (QED) is 0.0439. The van der Waals surface area contributed by atoms with E-state index in [-0.39, 0.29) is 11.6 Å². The van der Waals surface area contributed by atoms with Crippen molar-refractivity contribution in [3.8, 4) is 17.2 Å². The van der Waals surface area contributed by atoms with E-state index in [2.05, 4.69) is 165 Å². The number of phenolic OH excluding ortho intramolecular Hbond substituents is 1. The Bertz CT molecular complexity index is 7080. The third kappa shape index (κ3) is 18.8. The number of halogens is 4. The van der Waals surface area contributed by atoms with Crippen molar-refractivity contribution in [2.45, 2.75) is 13.3 Å². The Balaban J connectivity index is 0.000000110. The van der Waals surface area contributed by atoms with Gasteiger partial charge in [0.1, 0.15) is 52.2 Å². The zero-order valence-electron chi connectivity index (χ0n) is 63.2. The van der Waals surface area contributed by atoms with E-state index in [1.807, 2.05) is 182 Å². The van der Waals surface area contributed by atoms with Gasteiger partial charge in [-0.25, -0.2) is 29.3 Å². The van der Waals surface area contributed by atoms with Crippen molar-refractivity contribution in [1.82, 2.24) is 49.8 Å². The lowest BCUT2D eigenvalue weighted by Gasteiger charge is -2.12. The Kier molecular flexibility index (Phi) is 23.2. The van der Waals surface area contributed by atoms with Gasteiger partial charge >= 0.3 is 0 Å². The van der Waals surface area contributed by atoms with Crippen LogP contribution in [0.4, 0.5) is 56.2 Å². The molecule has 22 heteroatoms. The number of aromatic hydroxyl groups is 1. The lowest BCUT2D eigenvalue weighted by Crippen LogP contribution is -2.07. The monoisotopic (exact) mass is 1640 g/mol. The van der Waals surface area contributed by atoms with Crippen LogP contribution in [0.3, 0.4) is 0 Å². The van der Waals surface area contributed by atoms with Gasteiger partial charge < -0.3 is 41.2 Å². The highest BCUT2D eigenvalue weighted by Crippen LogP contribution is 2.35. The van der Waals surface area contributed by atoms with Gasteiger partial charge in [-0.05, 0) is 206 Å². The van der Waals surface area contributed by atoms with Crippen LogP contribution in [-0.2, 0) is 6.42 Å². The summed E-state index contributed by atoms with van der Waals surface area (Å²) < 4.78 is 25.3. The zero-order valence-corrected chi connectivity index (χ0v) is 66.3. The molecule has 0 aliphatic heterocycles. The molecular weight excluding hydrogens is 1570 g/mol. The molecule has 15 aromatic carbocycles. The van der Waals surface area contributed by atoms with Crippen molar-refractivity contribution >= 4 is 200 Å². The van der Waals surface area contributed by atoms with Crippen molar-refractivity contribution in [1.29, 1.82) is 0 Å². The number of hydrogen-bond donors (Lipinski definition) is 6. The van der Waals surface area contributed by atoms with Crippen LogP contribution in [0.1, 0.15) is 11.1 Å². The summed E-state index contributed by atoms with van der Waals surface area (Å²) in [5, 5.41) is 38.7. The van der Waals surface area contributed by atoms with Crippen molar-refractivity contribution < 1.29 is 19.0 Å². The molecule has 0 aliphatic rings. The molecule has 0 amide bonds. The second-order valence-electron chi connectivity index (χ2n) is 27.2. The maximum atomic E-state index is 13.6. The highest BCUT2D eigenvalue weighted by molar-refractivity contribution is 9.10. The van der Waals surface area contributed by atoms with Crippen molar-refractivity contribution in [2.75, 3.05) is 47.3 Å². The summed E-state index contributed by atoms with van der Waals surface area (Å²) in [6.07, 6.45) is 9.41. The highest BCUT2D eigenvalue weighted by atomic mass is 79.9. The molecule has 0 atom stereocenters. The van der Waals surface area contributed by atoms with E-state index in [9.17, 15) is 9.50 Å². The predicted octanol–water partition coefficient (Wildman–Crippen LogP) is 24.8. The summed E-state index contributed by atoms with van der Waals surface area (Å²) in [7, 11) is 3.25. The standard InChI is InChI=1S/C20H16ClN3.C20H17N3O2.C19H14FN3.C18H12BrN3.C18H12ClN3O/c21-17-8-4-3-5-14(17)9-10-22-20-13-23-18-11-15-6-1-2-7-16(15)12-19(18)24-20;1-24-15-7-8-16(19(11-15)25-2)22-20-12-21-17-9-13-5-3-4-6-14(13)10-18(17)23-20;1-12-6-7-15(10-16(12)20)22-19-11-21-17-8-13-4-2-3-5-14(13)9-18(17)23-19;19-14-6-3-7-15(10-14)21-18-11-20-16-8-12-4-1-2-5-13(12)9-17(16)22-18;19-13-5-6-17(23)16(9-13)22-18-10-20-14-7-11-3-1-2-4-12(11)8-15(14)21-18/h1-8,11-13H,9-10H2,(H,22,24);3-12H,1-2H3,(H,22,23);2-11H,1H3,(H,22,23);1-11H,(H,21,22);1-10,23H,(H,21,22). The van der Waals surface area contributed by atoms with Crippen LogP contribution in [0, 0.1) is 12.7 Å². The van der Waals surface area contributed by atoms with E-state index < -0.39 is 0 Å². The average Bonchev–Trinajstić information content (AvgIpc) is 0.815. The molecule has 6 N–H and O–H groups in total. The lowest BCUT2D eigenvalue weighted by atomic mass is 10.1. The number of methoxy groups -OCH3 is 2. The first-order valence-corrected chi connectivity index (χ1v) is 38.8. The fourth-order valence-electron chi connectivity index (χ4n) is 13.2. The first-order chi connectivity index (χ1) is 57.2. The average molecular weight is 1640 g/mol. The molecule has 0 saturated heterocycles. The van der Waals surface area contributed by atoms with Crippen LogP contribution in [0.15, 0.2) is 321 Å². The second kappa shape index (κ2) is 35.4. The Morgan fingerprint density at radius 2 is 0.744 bits per heavy atom. The fraction of sp³-hybridized carbons (Fsp3) is 0.0526. The molecule has 5 heterocycles. The Hall–Kier alpha value is -14.3. The van der Waals surface area contributed by atoms with Gasteiger partial charge in [0.05, 0.1) is 112 Å². The number of phenols is 1. The summed E-state index contributed by atoms with van der Waals surface area (Å²) in [6.45, 7) is 2.50. The minimum Gasteiger partial charge on any atom is -0.506 e. The third-order valence-corrected chi connectivity index (χ3v) is 20.2. The van der Waals surface area contributed by atoms with Crippen LogP contribution >= 0.6 is 39.1 Å². The minimum absolute atomic E-state index is 0.106. The number of anilines is 9. The van der Waals surface area contributed by atoms with E-state index in [0.717, 1.165) is 144 Å². The number of hydrogen-bond acceptors (Lipinski definition) is 18. The molecular formula is C95H71BrCl2FN15O3. The smallest absolute Gasteiger partial charge is 0.149 e. The van der Waals surface area contributed by atoms with Crippen LogP contribution in [-0.4, -0.2) is 75.7 Å². The first-order valence-electron chi connectivity index (χ1n) is 37.3. The van der Waals surface area contributed by atoms with E-state index in [0.29, 0.717) is 45.2 Å². The number of nitrogens with one attached hydrogen (secondary N) is 5. The van der Waals surface area contributed by atoms with Crippen molar-refractivity contribution in [3.63, 3.8) is 0 Å². The number of fused-ring (bicyclic) bond motifs is 10. The maximum absolute atomic E-state index is 13.6. The topological polar surface area (TPSA) is 228 Å². The lowest BCUT2D eigenvalue weighted by molar-refractivity contribution is 0.395. The third-order valence-electron chi connectivity index (χ3n) is 19.1. The largest absolute Gasteiger partial charge is 0.506 e. The van der Waals surface area contributed by atoms with Gasteiger partial charge in [-0.2, -0.15) is 0 Å². The Labute approximate surface area is 689 Å². The number of aromatic nitrogens is 10. The van der Waals surface area contributed by atoms with Crippen LogP contribution in [0.5, 0.6) is 17.2 Å². The number of aryl methyl sites for hydroxylation is 1. The SMILES string of the molecule is Brc1cccc(Nc2cnc3cc4ccccc4cc3n2)c1.COc1ccc(Nc2cnc3cc4ccccc4cc3n2)c(OC)c1.Cc1ccc(Nc2cnc3cc4ccccc4cc3n2)cc1F.Clc1ccccc1CCNc1cnc2cc3ccccc3cc2n1.Oc1ccc(Cl)cc1Nc1cnc2cc3ccccc3cc2n1. The molecule has 20 rings (SSSR count). The van der Waals surface area contributed by atoms with Crippen LogP contribution in [0.2, 0.25) is 10.0 Å². The molecule has 0 spiro atoms. The number of ether oxygens (including phenoxy) is 2. The summed E-state index contributed by atoms with van der Waals surface area (Å²) >= 11 is 15.6. The van der Waals surface area contributed by atoms with Gasteiger partial charge in [0.25, 0.3) is 0 Å². The van der Waals surface area contributed by atoms with Gasteiger partial charge in [0.2, 0.25) is 0 Å². The molecule has 20 aromatic rings. The van der Waals surface area contributed by atoms with Gasteiger partial charge in [-0.3, -0.25) is 24.9 Å². The molecule has 117 heavy (non-hydrogen) atoms. The highest BCUT2D eigenvalue weighted by Gasteiger charge is 2.13. The number of nitrogens with zero attached hydrogens (tertiary/aromatic N) is 10. The fourth-order valence-corrected chi connectivity index (χ4v) is 14.0. The molecule has 0 radical (unpaired) electrons. The van der Waals surface area contributed by atoms with Gasteiger partial charge in [0, 0.05) is 38.5 Å². The normalized spacial score (nSPS) is 11.0. The molecule has 0 fully saturated rings. The van der Waals surface area contributed by atoms with E-state index in [1.165, 1.54) is 33.7 Å². The Morgan fingerprint density at radius 3 is 1.15 bits per heavy atom. The summed E-state index contributed by atoms with van der Waals surface area (Å²) in [6, 6.07) is 92.6. The molecule has 0 saturated carbocycles. The van der Waals surface area contributed by atoms with Gasteiger partial charge in [-0.1, -0.05) is 191 Å². The van der Waals surface area contributed by atoms with Crippen LogP contribution < -0.4 is 36.1 Å². The number of benzene rings is 15. The summed E-state index contributed by atoms with van der Waals surface area (Å²) in [5.41, 5.74) is 13.2.